The van der Waals surface area contributed by atoms with Gasteiger partial charge in [-0.05, 0) is 60.5 Å². The third-order valence-electron chi connectivity index (χ3n) is 5.36. The van der Waals surface area contributed by atoms with Crippen molar-refractivity contribution < 1.29 is 9.53 Å². The third kappa shape index (κ3) is 4.91. The Morgan fingerprint density at radius 2 is 1.66 bits per heavy atom. The van der Waals surface area contributed by atoms with Crippen LogP contribution in [0.15, 0.2) is 73.1 Å². The minimum absolute atomic E-state index is 0.0241. The van der Waals surface area contributed by atoms with E-state index in [4.69, 9.17) is 4.74 Å². The van der Waals surface area contributed by atoms with Crippen LogP contribution in [0.3, 0.4) is 0 Å². The monoisotopic (exact) mass is 428 g/mol. The molecule has 0 unspecified atom stereocenters. The van der Waals surface area contributed by atoms with Crippen molar-refractivity contribution in [1.82, 2.24) is 14.3 Å². The van der Waals surface area contributed by atoms with Crippen LogP contribution < -0.4 is 9.64 Å². The number of rotatable bonds is 7. The molecular formula is C26H28N4O2. The van der Waals surface area contributed by atoms with Gasteiger partial charge in [-0.25, -0.2) is 4.98 Å². The van der Waals surface area contributed by atoms with Gasteiger partial charge in [-0.3, -0.25) is 4.79 Å². The second-order valence-corrected chi connectivity index (χ2v) is 8.24. The highest BCUT2D eigenvalue weighted by Gasteiger charge is 2.12. The summed E-state index contributed by atoms with van der Waals surface area (Å²) in [6, 6.07) is 19.5. The maximum absolute atomic E-state index is 12.8. The Labute approximate surface area is 188 Å². The van der Waals surface area contributed by atoms with Gasteiger partial charge in [0.15, 0.2) is 0 Å². The third-order valence-corrected chi connectivity index (χ3v) is 5.36. The molecule has 6 nitrogen and oxygen atoms in total. The molecule has 1 amide bonds. The van der Waals surface area contributed by atoms with Crippen LogP contribution >= 0.6 is 0 Å². The van der Waals surface area contributed by atoms with Crippen LogP contribution in [0.5, 0.6) is 5.75 Å². The minimum atomic E-state index is -0.0241. The van der Waals surface area contributed by atoms with Crippen molar-refractivity contribution >= 4 is 17.2 Å². The number of pyridine rings is 1. The first kappa shape index (κ1) is 21.4. The summed E-state index contributed by atoms with van der Waals surface area (Å²) in [7, 11) is 5.84. The molecule has 0 aliphatic heterocycles. The largest absolute Gasteiger partial charge is 0.487 e. The molecular weight excluding hydrogens is 400 g/mol. The molecule has 2 aromatic carbocycles. The molecule has 2 aromatic heterocycles. The first-order chi connectivity index (χ1) is 15.4. The summed E-state index contributed by atoms with van der Waals surface area (Å²) < 4.78 is 7.87. The summed E-state index contributed by atoms with van der Waals surface area (Å²) >= 11 is 0. The van der Waals surface area contributed by atoms with E-state index in [-0.39, 0.29) is 5.91 Å². The van der Waals surface area contributed by atoms with Crippen LogP contribution in [0.1, 0.15) is 27.2 Å². The Bertz CT molecular complexity index is 1210. The van der Waals surface area contributed by atoms with Gasteiger partial charge in [0, 0.05) is 51.3 Å². The fourth-order valence-electron chi connectivity index (χ4n) is 3.54. The smallest absolute Gasteiger partial charge is 0.253 e. The average Bonchev–Trinajstić information content (AvgIpc) is 3.20. The van der Waals surface area contributed by atoms with Gasteiger partial charge in [0.2, 0.25) is 0 Å². The molecule has 2 heterocycles. The lowest BCUT2D eigenvalue weighted by molar-refractivity contribution is 0.0785. The number of hydrogen-bond acceptors (Lipinski definition) is 4. The number of nitrogens with zero attached hydrogens (tertiary/aromatic N) is 4. The van der Waals surface area contributed by atoms with Crippen LogP contribution in [0.25, 0.3) is 5.65 Å². The number of carbonyl (C=O) groups is 1. The summed E-state index contributed by atoms with van der Waals surface area (Å²) in [5, 5.41) is 0. The molecule has 0 bridgehead atoms. The van der Waals surface area contributed by atoms with E-state index in [0.29, 0.717) is 24.5 Å². The SMILES string of the molecule is Cc1ccc2nc(COc3ccc(C(=O)N(C)Cc4ccc(N(C)C)cc4)cc3)cn2c1. The molecule has 0 aliphatic carbocycles. The van der Waals surface area contributed by atoms with Crippen molar-refractivity contribution in [2.75, 3.05) is 26.0 Å². The van der Waals surface area contributed by atoms with E-state index >= 15 is 0 Å². The van der Waals surface area contributed by atoms with Gasteiger partial charge >= 0.3 is 0 Å². The second-order valence-electron chi connectivity index (χ2n) is 8.24. The molecule has 0 N–H and O–H groups in total. The van der Waals surface area contributed by atoms with E-state index in [1.54, 1.807) is 17.0 Å². The summed E-state index contributed by atoms with van der Waals surface area (Å²) in [5.41, 5.74) is 5.79. The fourth-order valence-corrected chi connectivity index (χ4v) is 3.54. The van der Waals surface area contributed by atoms with Crippen molar-refractivity contribution in [3.8, 4) is 5.75 Å². The minimum Gasteiger partial charge on any atom is -0.487 e. The number of fused-ring (bicyclic) bond motifs is 1. The highest BCUT2D eigenvalue weighted by Crippen LogP contribution is 2.18. The Kier molecular flexibility index (Phi) is 6.12. The van der Waals surface area contributed by atoms with Crippen LogP contribution in [0.4, 0.5) is 5.69 Å². The summed E-state index contributed by atoms with van der Waals surface area (Å²) in [6.45, 7) is 2.98. The first-order valence-electron chi connectivity index (χ1n) is 10.6. The zero-order valence-electron chi connectivity index (χ0n) is 18.9. The number of ether oxygens (including phenoxy) is 1. The van der Waals surface area contributed by atoms with Crippen molar-refractivity contribution in [2.24, 2.45) is 0 Å². The lowest BCUT2D eigenvalue weighted by Gasteiger charge is -2.18. The topological polar surface area (TPSA) is 50.1 Å². The predicted molar refractivity (Wildman–Crippen MR) is 127 cm³/mol. The van der Waals surface area contributed by atoms with Gasteiger partial charge in [-0.1, -0.05) is 18.2 Å². The number of benzene rings is 2. The quantitative estimate of drug-likeness (QED) is 0.433. The van der Waals surface area contributed by atoms with E-state index in [1.165, 1.54) is 5.56 Å². The number of aromatic nitrogens is 2. The molecule has 0 spiro atoms. The van der Waals surface area contributed by atoms with E-state index < -0.39 is 0 Å². The average molecular weight is 429 g/mol. The number of amides is 1. The van der Waals surface area contributed by atoms with E-state index in [9.17, 15) is 4.79 Å². The lowest BCUT2D eigenvalue weighted by Crippen LogP contribution is -2.26. The van der Waals surface area contributed by atoms with Gasteiger partial charge in [-0.15, -0.1) is 0 Å². The fraction of sp³-hybridized carbons (Fsp3) is 0.231. The molecule has 0 aliphatic rings. The molecule has 0 fully saturated rings. The predicted octanol–water partition coefficient (Wildman–Crippen LogP) is 4.56. The number of hydrogen-bond donors (Lipinski definition) is 0. The molecule has 164 valence electrons. The Morgan fingerprint density at radius 3 is 2.34 bits per heavy atom. The van der Waals surface area contributed by atoms with E-state index in [1.807, 2.05) is 62.2 Å². The van der Waals surface area contributed by atoms with Gasteiger partial charge < -0.3 is 18.9 Å². The molecule has 4 rings (SSSR count). The van der Waals surface area contributed by atoms with Crippen LogP contribution in [0.2, 0.25) is 0 Å². The lowest BCUT2D eigenvalue weighted by atomic mass is 10.1. The normalized spacial score (nSPS) is 10.9. The van der Waals surface area contributed by atoms with E-state index in [2.05, 4.69) is 41.1 Å². The van der Waals surface area contributed by atoms with E-state index in [0.717, 1.165) is 22.6 Å². The van der Waals surface area contributed by atoms with Crippen molar-refractivity contribution in [3.63, 3.8) is 0 Å². The molecule has 0 radical (unpaired) electrons. The van der Waals surface area contributed by atoms with Crippen molar-refractivity contribution in [1.29, 1.82) is 0 Å². The zero-order valence-corrected chi connectivity index (χ0v) is 18.9. The van der Waals surface area contributed by atoms with Gasteiger partial charge in [0.05, 0.1) is 5.69 Å². The molecule has 6 heteroatoms. The molecule has 0 saturated carbocycles. The van der Waals surface area contributed by atoms with Crippen molar-refractivity contribution in [3.05, 3.63) is 95.4 Å². The van der Waals surface area contributed by atoms with Gasteiger partial charge in [0.1, 0.15) is 18.0 Å². The Morgan fingerprint density at radius 1 is 0.938 bits per heavy atom. The molecule has 32 heavy (non-hydrogen) atoms. The van der Waals surface area contributed by atoms with Gasteiger partial charge in [-0.2, -0.15) is 0 Å². The van der Waals surface area contributed by atoms with Gasteiger partial charge in [0.25, 0.3) is 5.91 Å². The van der Waals surface area contributed by atoms with Crippen molar-refractivity contribution in [2.45, 2.75) is 20.1 Å². The summed E-state index contributed by atoms with van der Waals surface area (Å²) in [5.74, 6) is 0.681. The number of aryl methyl sites for hydroxylation is 1. The van der Waals surface area contributed by atoms with Crippen LogP contribution in [0, 0.1) is 6.92 Å². The maximum atomic E-state index is 12.8. The van der Waals surface area contributed by atoms with Crippen LogP contribution in [-0.4, -0.2) is 41.3 Å². The van der Waals surface area contributed by atoms with Crippen LogP contribution in [-0.2, 0) is 13.2 Å². The first-order valence-corrected chi connectivity index (χ1v) is 10.6. The summed E-state index contributed by atoms with van der Waals surface area (Å²) in [6.07, 6.45) is 4.01. The second kappa shape index (κ2) is 9.14. The maximum Gasteiger partial charge on any atom is 0.253 e. The molecule has 0 saturated heterocycles. The zero-order chi connectivity index (χ0) is 22.7. The Balaban J connectivity index is 1.35. The number of imidazole rings is 1. The highest BCUT2D eigenvalue weighted by atomic mass is 16.5. The molecule has 4 aromatic rings. The Hall–Kier alpha value is -3.80. The number of anilines is 1. The standard InChI is InChI=1S/C26H28N4O2/c1-19-5-14-25-27-22(17-30(25)15-19)18-32-24-12-8-21(9-13-24)26(31)29(4)16-20-6-10-23(11-7-20)28(2)3/h5-15,17H,16,18H2,1-4H3. The summed E-state index contributed by atoms with van der Waals surface area (Å²) in [4.78, 5) is 21.1. The highest BCUT2D eigenvalue weighted by molar-refractivity contribution is 5.94. The number of carbonyl (C=O) groups excluding carboxylic acids is 1. The molecule has 0 atom stereocenters.